The summed E-state index contributed by atoms with van der Waals surface area (Å²) < 4.78 is 13.2. The predicted molar refractivity (Wildman–Crippen MR) is 89.4 cm³/mol. The molecule has 0 saturated heterocycles. The fourth-order valence-electron chi connectivity index (χ4n) is 2.90. The summed E-state index contributed by atoms with van der Waals surface area (Å²) in [6.07, 6.45) is 0. The number of fused-ring (bicyclic) bond motifs is 3. The Morgan fingerprint density at radius 3 is 2.27 bits per heavy atom. The third-order valence-electron chi connectivity index (χ3n) is 3.97. The summed E-state index contributed by atoms with van der Waals surface area (Å²) in [5.74, 6) is -0.232. The molecule has 0 spiro atoms. The van der Waals surface area contributed by atoms with E-state index in [1.807, 2.05) is 18.2 Å². The standard InChI is InChI=1S/C20H14FN/c1-13-6-11-19-18(12-13)16-4-2-3-5-17(16)20(22-19)14-7-9-15(21)10-8-14/h2-12H,1H3. The lowest BCUT2D eigenvalue weighted by Gasteiger charge is -2.10. The van der Waals surface area contributed by atoms with Gasteiger partial charge in [0.15, 0.2) is 0 Å². The number of rotatable bonds is 1. The highest BCUT2D eigenvalue weighted by atomic mass is 19.1. The van der Waals surface area contributed by atoms with Gasteiger partial charge in [-0.25, -0.2) is 9.37 Å². The molecular weight excluding hydrogens is 273 g/mol. The van der Waals surface area contributed by atoms with Crippen LogP contribution in [-0.4, -0.2) is 4.98 Å². The van der Waals surface area contributed by atoms with Crippen molar-refractivity contribution in [1.29, 1.82) is 0 Å². The number of aromatic nitrogens is 1. The van der Waals surface area contributed by atoms with E-state index in [1.54, 1.807) is 12.1 Å². The Morgan fingerprint density at radius 1 is 0.773 bits per heavy atom. The molecular formula is C20H14FN. The monoisotopic (exact) mass is 287 g/mol. The van der Waals surface area contributed by atoms with E-state index < -0.39 is 0 Å². The molecule has 0 N–H and O–H groups in total. The first-order valence-corrected chi connectivity index (χ1v) is 7.27. The first-order valence-electron chi connectivity index (χ1n) is 7.27. The van der Waals surface area contributed by atoms with Crippen LogP contribution in [0.1, 0.15) is 5.56 Å². The molecule has 0 radical (unpaired) electrons. The Labute approximate surface area is 128 Å². The van der Waals surface area contributed by atoms with E-state index >= 15 is 0 Å². The van der Waals surface area contributed by atoms with Gasteiger partial charge in [-0.2, -0.15) is 0 Å². The molecule has 1 aromatic heterocycles. The Hall–Kier alpha value is -2.74. The van der Waals surface area contributed by atoms with Crippen LogP contribution in [0.25, 0.3) is 32.9 Å². The lowest BCUT2D eigenvalue weighted by Crippen LogP contribution is -1.90. The molecule has 0 aliphatic rings. The topological polar surface area (TPSA) is 12.9 Å². The van der Waals surface area contributed by atoms with E-state index in [0.29, 0.717) is 0 Å². The first-order chi connectivity index (χ1) is 10.7. The van der Waals surface area contributed by atoms with Gasteiger partial charge in [-0.05, 0) is 48.7 Å². The second-order valence-electron chi connectivity index (χ2n) is 5.53. The summed E-state index contributed by atoms with van der Waals surface area (Å²) in [6.45, 7) is 2.09. The highest BCUT2D eigenvalue weighted by Crippen LogP contribution is 2.32. The lowest BCUT2D eigenvalue weighted by atomic mass is 9.99. The van der Waals surface area contributed by atoms with Crippen molar-refractivity contribution in [3.8, 4) is 11.3 Å². The van der Waals surface area contributed by atoms with Gasteiger partial charge in [0.25, 0.3) is 0 Å². The molecule has 0 unspecified atom stereocenters. The van der Waals surface area contributed by atoms with E-state index in [4.69, 9.17) is 4.98 Å². The van der Waals surface area contributed by atoms with Crippen LogP contribution in [0.3, 0.4) is 0 Å². The Kier molecular flexibility index (Phi) is 2.90. The maximum absolute atomic E-state index is 13.2. The molecule has 4 aromatic rings. The first kappa shape index (κ1) is 13.0. The van der Waals surface area contributed by atoms with Crippen LogP contribution in [-0.2, 0) is 0 Å². The molecule has 0 atom stereocenters. The molecule has 1 nitrogen and oxygen atoms in total. The van der Waals surface area contributed by atoms with Gasteiger partial charge in [-0.15, -0.1) is 0 Å². The SMILES string of the molecule is Cc1ccc2nc(-c3ccc(F)cc3)c3ccccc3c2c1. The van der Waals surface area contributed by atoms with Gasteiger partial charge >= 0.3 is 0 Å². The van der Waals surface area contributed by atoms with Crippen LogP contribution >= 0.6 is 0 Å². The average Bonchev–Trinajstić information content (AvgIpc) is 2.55. The van der Waals surface area contributed by atoms with Crippen LogP contribution < -0.4 is 0 Å². The van der Waals surface area contributed by atoms with Crippen molar-refractivity contribution in [2.24, 2.45) is 0 Å². The lowest BCUT2D eigenvalue weighted by molar-refractivity contribution is 0.628. The second kappa shape index (κ2) is 4.92. The molecule has 0 aliphatic heterocycles. The third-order valence-corrected chi connectivity index (χ3v) is 3.97. The number of aryl methyl sites for hydroxylation is 1. The van der Waals surface area contributed by atoms with Crippen molar-refractivity contribution in [2.45, 2.75) is 6.92 Å². The normalized spacial score (nSPS) is 11.2. The van der Waals surface area contributed by atoms with Crippen LogP contribution in [0, 0.1) is 12.7 Å². The minimum absolute atomic E-state index is 0.232. The van der Waals surface area contributed by atoms with Gasteiger partial charge in [0.2, 0.25) is 0 Å². The van der Waals surface area contributed by atoms with Gasteiger partial charge < -0.3 is 0 Å². The summed E-state index contributed by atoms with van der Waals surface area (Å²) in [7, 11) is 0. The molecule has 2 heteroatoms. The average molecular weight is 287 g/mol. The molecule has 106 valence electrons. The van der Waals surface area contributed by atoms with Crippen molar-refractivity contribution < 1.29 is 4.39 Å². The summed E-state index contributed by atoms with van der Waals surface area (Å²) in [5.41, 5.74) is 4.00. The minimum atomic E-state index is -0.232. The Bertz CT molecular complexity index is 988. The number of pyridine rings is 1. The zero-order chi connectivity index (χ0) is 15.1. The molecule has 22 heavy (non-hydrogen) atoms. The molecule has 0 saturated carbocycles. The van der Waals surface area contributed by atoms with E-state index in [9.17, 15) is 4.39 Å². The molecule has 0 amide bonds. The zero-order valence-electron chi connectivity index (χ0n) is 12.2. The Morgan fingerprint density at radius 2 is 1.50 bits per heavy atom. The fourth-order valence-corrected chi connectivity index (χ4v) is 2.90. The van der Waals surface area contributed by atoms with Crippen LogP contribution in [0.4, 0.5) is 4.39 Å². The molecule has 3 aromatic carbocycles. The minimum Gasteiger partial charge on any atom is -0.247 e. The second-order valence-corrected chi connectivity index (χ2v) is 5.53. The van der Waals surface area contributed by atoms with Crippen molar-refractivity contribution in [2.75, 3.05) is 0 Å². The third kappa shape index (κ3) is 2.04. The van der Waals surface area contributed by atoms with E-state index in [1.165, 1.54) is 23.1 Å². The van der Waals surface area contributed by atoms with Crippen molar-refractivity contribution in [3.63, 3.8) is 0 Å². The Balaban J connectivity index is 2.13. The van der Waals surface area contributed by atoms with Crippen molar-refractivity contribution in [1.82, 2.24) is 4.98 Å². The van der Waals surface area contributed by atoms with E-state index in [0.717, 1.165) is 27.5 Å². The quantitative estimate of drug-likeness (QED) is 0.421. The number of nitrogens with zero attached hydrogens (tertiary/aromatic N) is 1. The van der Waals surface area contributed by atoms with Gasteiger partial charge in [0.1, 0.15) is 5.82 Å². The molecule has 1 heterocycles. The molecule has 0 fully saturated rings. The van der Waals surface area contributed by atoms with Crippen LogP contribution in [0.2, 0.25) is 0 Å². The number of halogens is 1. The van der Waals surface area contributed by atoms with Gasteiger partial charge in [-0.1, -0.05) is 35.9 Å². The van der Waals surface area contributed by atoms with Crippen molar-refractivity contribution in [3.05, 3.63) is 78.1 Å². The van der Waals surface area contributed by atoms with Gasteiger partial charge in [0, 0.05) is 16.3 Å². The fraction of sp³-hybridized carbons (Fsp3) is 0.0500. The maximum Gasteiger partial charge on any atom is 0.123 e. The number of hydrogen-bond acceptors (Lipinski definition) is 1. The predicted octanol–water partition coefficient (Wildman–Crippen LogP) is 5.50. The van der Waals surface area contributed by atoms with Crippen LogP contribution in [0.15, 0.2) is 66.7 Å². The highest BCUT2D eigenvalue weighted by molar-refractivity contribution is 6.10. The number of benzene rings is 3. The summed E-state index contributed by atoms with van der Waals surface area (Å²) in [5, 5.41) is 3.42. The largest absolute Gasteiger partial charge is 0.247 e. The molecule has 0 bridgehead atoms. The van der Waals surface area contributed by atoms with E-state index in [-0.39, 0.29) is 5.82 Å². The maximum atomic E-state index is 13.2. The molecule has 0 aliphatic carbocycles. The molecule has 4 rings (SSSR count). The smallest absolute Gasteiger partial charge is 0.123 e. The summed E-state index contributed by atoms with van der Waals surface area (Å²) >= 11 is 0. The van der Waals surface area contributed by atoms with Crippen molar-refractivity contribution >= 4 is 21.7 Å². The zero-order valence-corrected chi connectivity index (χ0v) is 12.2. The van der Waals surface area contributed by atoms with Gasteiger partial charge in [-0.3, -0.25) is 0 Å². The highest BCUT2D eigenvalue weighted by Gasteiger charge is 2.10. The number of hydrogen-bond donors (Lipinski definition) is 0. The van der Waals surface area contributed by atoms with Gasteiger partial charge in [0.05, 0.1) is 11.2 Å². The summed E-state index contributed by atoms with van der Waals surface area (Å²) in [4.78, 5) is 4.82. The van der Waals surface area contributed by atoms with E-state index in [2.05, 4.69) is 31.2 Å². The van der Waals surface area contributed by atoms with Crippen LogP contribution in [0.5, 0.6) is 0 Å². The summed E-state index contributed by atoms with van der Waals surface area (Å²) in [6, 6.07) is 21.0.